The van der Waals surface area contributed by atoms with Gasteiger partial charge in [0.05, 0.1) is 0 Å². The van der Waals surface area contributed by atoms with E-state index in [0.29, 0.717) is 18.0 Å². The minimum Gasteiger partial charge on any atom is -0.492 e. The molecule has 2 aromatic heterocycles. The lowest BCUT2D eigenvalue weighted by Crippen LogP contribution is -2.25. The standard InChI is InChI=1S/C24H28FN5O2/c1-16-22(17(2)27-15-26-16)19-14-18(28-24(31)23-20(25)8-11-29(23)3)6-7-21(19)32-13-12-30-9-4-5-10-30/h6-8,11,14-15H,4-5,9-10,12-13H2,1-3H3,(H,28,31). The lowest BCUT2D eigenvalue weighted by atomic mass is 10.0. The first-order valence-corrected chi connectivity index (χ1v) is 10.8. The molecule has 0 unspecified atom stereocenters. The molecule has 0 saturated carbocycles. The number of likely N-dealkylation sites (tertiary alicyclic amines) is 1. The molecule has 1 amide bonds. The predicted molar refractivity (Wildman–Crippen MR) is 121 cm³/mol. The van der Waals surface area contributed by atoms with Gasteiger partial charge in [0.1, 0.15) is 24.4 Å². The van der Waals surface area contributed by atoms with Crippen molar-refractivity contribution in [3.63, 3.8) is 0 Å². The number of anilines is 1. The van der Waals surface area contributed by atoms with Gasteiger partial charge in [-0.05, 0) is 64.0 Å². The Morgan fingerprint density at radius 1 is 1.16 bits per heavy atom. The smallest absolute Gasteiger partial charge is 0.275 e. The summed E-state index contributed by atoms with van der Waals surface area (Å²) in [6, 6.07) is 6.71. The minimum atomic E-state index is -0.560. The Labute approximate surface area is 187 Å². The molecule has 1 fully saturated rings. The number of carbonyl (C=O) groups is 1. The van der Waals surface area contributed by atoms with Gasteiger partial charge in [-0.25, -0.2) is 14.4 Å². The normalized spacial score (nSPS) is 14.0. The first-order chi connectivity index (χ1) is 15.4. The van der Waals surface area contributed by atoms with Crippen molar-refractivity contribution < 1.29 is 13.9 Å². The number of amides is 1. The summed E-state index contributed by atoms with van der Waals surface area (Å²) in [5.74, 6) is -0.370. The molecule has 168 valence electrons. The van der Waals surface area contributed by atoms with Gasteiger partial charge in [0, 0.05) is 48.0 Å². The molecule has 3 heterocycles. The van der Waals surface area contributed by atoms with E-state index in [1.807, 2.05) is 26.0 Å². The van der Waals surface area contributed by atoms with Crippen molar-refractivity contribution in [1.82, 2.24) is 19.4 Å². The lowest BCUT2D eigenvalue weighted by molar-refractivity contribution is 0.101. The molecule has 7 nitrogen and oxygen atoms in total. The molecule has 0 radical (unpaired) electrons. The van der Waals surface area contributed by atoms with Crippen molar-refractivity contribution in [1.29, 1.82) is 0 Å². The second-order valence-electron chi connectivity index (χ2n) is 8.10. The number of hydrogen-bond acceptors (Lipinski definition) is 5. The van der Waals surface area contributed by atoms with Gasteiger partial charge < -0.3 is 14.6 Å². The van der Waals surface area contributed by atoms with E-state index in [9.17, 15) is 9.18 Å². The summed E-state index contributed by atoms with van der Waals surface area (Å²) in [4.78, 5) is 23.7. The summed E-state index contributed by atoms with van der Waals surface area (Å²) in [6.45, 7) is 7.50. The molecule has 0 bridgehead atoms. The van der Waals surface area contributed by atoms with E-state index in [2.05, 4.69) is 20.2 Å². The topological polar surface area (TPSA) is 72.3 Å². The van der Waals surface area contributed by atoms with E-state index < -0.39 is 11.7 Å². The fourth-order valence-corrected chi connectivity index (χ4v) is 4.16. The number of rotatable bonds is 7. The van der Waals surface area contributed by atoms with Gasteiger partial charge in [0.25, 0.3) is 5.91 Å². The highest BCUT2D eigenvalue weighted by Crippen LogP contribution is 2.35. The average molecular weight is 438 g/mol. The Morgan fingerprint density at radius 3 is 2.53 bits per heavy atom. The van der Waals surface area contributed by atoms with Gasteiger partial charge in [0.2, 0.25) is 0 Å². The third-order valence-electron chi connectivity index (χ3n) is 5.84. The Hall–Kier alpha value is -3.26. The summed E-state index contributed by atoms with van der Waals surface area (Å²) in [5.41, 5.74) is 3.82. The average Bonchev–Trinajstić information content (AvgIpc) is 3.39. The van der Waals surface area contributed by atoms with E-state index in [-0.39, 0.29) is 5.69 Å². The van der Waals surface area contributed by atoms with E-state index in [1.54, 1.807) is 13.1 Å². The van der Waals surface area contributed by atoms with Gasteiger partial charge in [-0.2, -0.15) is 0 Å². The van der Waals surface area contributed by atoms with Crippen LogP contribution in [0.4, 0.5) is 10.1 Å². The molecule has 0 atom stereocenters. The van der Waals surface area contributed by atoms with Gasteiger partial charge in [-0.3, -0.25) is 9.69 Å². The van der Waals surface area contributed by atoms with E-state index in [0.717, 1.165) is 42.1 Å². The zero-order valence-electron chi connectivity index (χ0n) is 18.7. The Kier molecular flexibility index (Phi) is 6.50. The molecule has 0 spiro atoms. The molecule has 1 saturated heterocycles. The zero-order chi connectivity index (χ0) is 22.7. The van der Waals surface area contributed by atoms with Gasteiger partial charge in [0.15, 0.2) is 5.82 Å². The van der Waals surface area contributed by atoms with Crippen LogP contribution in [0.3, 0.4) is 0 Å². The fourth-order valence-electron chi connectivity index (χ4n) is 4.16. The van der Waals surface area contributed by atoms with Crippen LogP contribution in [-0.4, -0.2) is 51.6 Å². The molecule has 1 aliphatic rings. The lowest BCUT2D eigenvalue weighted by Gasteiger charge is -2.18. The number of carbonyl (C=O) groups excluding carboxylic acids is 1. The first-order valence-electron chi connectivity index (χ1n) is 10.8. The van der Waals surface area contributed by atoms with Gasteiger partial charge in [-0.1, -0.05) is 0 Å². The molecule has 4 rings (SSSR count). The van der Waals surface area contributed by atoms with Crippen LogP contribution in [-0.2, 0) is 7.05 Å². The number of nitrogens with zero attached hydrogens (tertiary/aromatic N) is 4. The second-order valence-corrected chi connectivity index (χ2v) is 8.10. The van der Waals surface area contributed by atoms with Crippen LogP contribution in [0.25, 0.3) is 11.1 Å². The molecule has 1 aromatic carbocycles. The molecule has 1 N–H and O–H groups in total. The number of hydrogen-bond donors (Lipinski definition) is 1. The fraction of sp³-hybridized carbons (Fsp3) is 0.375. The summed E-state index contributed by atoms with van der Waals surface area (Å²) in [6.07, 6.45) is 5.52. The van der Waals surface area contributed by atoms with Crippen molar-refractivity contribution in [3.8, 4) is 16.9 Å². The maximum atomic E-state index is 14.0. The number of aromatic nitrogens is 3. The third-order valence-corrected chi connectivity index (χ3v) is 5.84. The van der Waals surface area contributed by atoms with Gasteiger partial charge in [-0.15, -0.1) is 0 Å². The van der Waals surface area contributed by atoms with Crippen molar-refractivity contribution >= 4 is 11.6 Å². The minimum absolute atomic E-state index is 0.0205. The summed E-state index contributed by atoms with van der Waals surface area (Å²) < 4.78 is 21.6. The molecule has 0 aliphatic carbocycles. The number of nitrogens with one attached hydrogen (secondary N) is 1. The zero-order valence-corrected chi connectivity index (χ0v) is 18.7. The van der Waals surface area contributed by atoms with E-state index in [1.165, 1.54) is 36.0 Å². The Morgan fingerprint density at radius 2 is 1.88 bits per heavy atom. The molecule has 32 heavy (non-hydrogen) atoms. The Bertz CT molecular complexity index is 1080. The van der Waals surface area contributed by atoms with Crippen molar-refractivity contribution in [3.05, 3.63) is 59.7 Å². The SMILES string of the molecule is Cc1ncnc(C)c1-c1cc(NC(=O)c2c(F)ccn2C)ccc1OCCN1CCCC1. The van der Waals surface area contributed by atoms with Crippen molar-refractivity contribution in [2.75, 3.05) is 31.6 Å². The number of ether oxygens (including phenoxy) is 1. The predicted octanol–water partition coefficient (Wildman–Crippen LogP) is 3.96. The van der Waals surface area contributed by atoms with E-state index in [4.69, 9.17) is 4.74 Å². The highest BCUT2D eigenvalue weighted by molar-refractivity contribution is 6.03. The number of halogens is 1. The van der Waals surface area contributed by atoms with Crippen LogP contribution in [0.15, 0.2) is 36.8 Å². The van der Waals surface area contributed by atoms with Crippen LogP contribution >= 0.6 is 0 Å². The molecular weight excluding hydrogens is 409 g/mol. The van der Waals surface area contributed by atoms with Crippen molar-refractivity contribution in [2.24, 2.45) is 7.05 Å². The van der Waals surface area contributed by atoms with Crippen LogP contribution in [0.1, 0.15) is 34.7 Å². The second kappa shape index (κ2) is 9.48. The van der Waals surface area contributed by atoms with Crippen LogP contribution in [0, 0.1) is 19.7 Å². The summed E-state index contributed by atoms with van der Waals surface area (Å²) in [5, 5.41) is 2.80. The maximum absolute atomic E-state index is 14.0. The largest absolute Gasteiger partial charge is 0.492 e. The van der Waals surface area contributed by atoms with Crippen LogP contribution < -0.4 is 10.1 Å². The highest BCUT2D eigenvalue weighted by Gasteiger charge is 2.19. The van der Waals surface area contributed by atoms with E-state index >= 15 is 0 Å². The molecule has 1 aliphatic heterocycles. The van der Waals surface area contributed by atoms with Crippen molar-refractivity contribution in [2.45, 2.75) is 26.7 Å². The number of benzene rings is 1. The van der Waals surface area contributed by atoms with Crippen LogP contribution in [0.5, 0.6) is 5.75 Å². The maximum Gasteiger partial charge on any atom is 0.275 e. The third kappa shape index (κ3) is 4.65. The first kappa shape index (κ1) is 22.0. The summed E-state index contributed by atoms with van der Waals surface area (Å²) in [7, 11) is 1.63. The summed E-state index contributed by atoms with van der Waals surface area (Å²) >= 11 is 0. The van der Waals surface area contributed by atoms with Gasteiger partial charge >= 0.3 is 0 Å². The molecule has 8 heteroatoms. The molecular formula is C24H28FN5O2. The quantitative estimate of drug-likeness (QED) is 0.606. The highest BCUT2D eigenvalue weighted by atomic mass is 19.1. The monoisotopic (exact) mass is 437 g/mol. The molecule has 3 aromatic rings. The number of aryl methyl sites for hydroxylation is 3. The van der Waals surface area contributed by atoms with Crippen LogP contribution in [0.2, 0.25) is 0 Å². The Balaban J connectivity index is 1.62.